The lowest BCUT2D eigenvalue weighted by Crippen LogP contribution is -2.34. The molecule has 0 aromatic heterocycles. The molecule has 0 atom stereocenters. The van der Waals surface area contributed by atoms with Gasteiger partial charge in [0.25, 0.3) is 0 Å². The van der Waals surface area contributed by atoms with Gasteiger partial charge in [-0.15, -0.1) is 0 Å². The van der Waals surface area contributed by atoms with Crippen molar-refractivity contribution in [3.63, 3.8) is 0 Å². The van der Waals surface area contributed by atoms with E-state index in [1.807, 2.05) is 0 Å². The molecule has 156 valence electrons. The molecule has 0 aliphatic carbocycles. The third-order valence-corrected chi connectivity index (χ3v) is 3.31. The van der Waals surface area contributed by atoms with Crippen molar-refractivity contribution in [3.05, 3.63) is 23.8 Å². The van der Waals surface area contributed by atoms with Crippen LogP contribution in [0.15, 0.2) is 18.2 Å². The summed E-state index contributed by atoms with van der Waals surface area (Å²) < 4.78 is 96.7. The van der Waals surface area contributed by atoms with Crippen LogP contribution < -0.4 is 10.5 Å². The van der Waals surface area contributed by atoms with Crippen LogP contribution in [0.2, 0.25) is 0 Å². The van der Waals surface area contributed by atoms with Crippen molar-refractivity contribution in [2.75, 3.05) is 52.5 Å². The van der Waals surface area contributed by atoms with E-state index in [1.54, 1.807) is 7.11 Å². The first-order valence-corrected chi connectivity index (χ1v) is 7.87. The molecule has 27 heavy (non-hydrogen) atoms. The van der Waals surface area contributed by atoms with Crippen LogP contribution in [0.1, 0.15) is 11.5 Å². The highest BCUT2D eigenvalue weighted by Gasteiger charge is 2.57. The molecular weight excluding hydrogens is 384 g/mol. The minimum absolute atomic E-state index is 0.0174. The van der Waals surface area contributed by atoms with Crippen LogP contribution in [0.4, 0.5) is 32.0 Å². The van der Waals surface area contributed by atoms with E-state index in [1.165, 1.54) is 0 Å². The molecule has 0 bridgehead atoms. The van der Waals surface area contributed by atoms with Gasteiger partial charge in [-0.3, -0.25) is 0 Å². The maximum atomic E-state index is 12.7. The monoisotopic (exact) mass is 405 g/mol. The lowest BCUT2D eigenvalue weighted by Gasteiger charge is -2.24. The summed E-state index contributed by atoms with van der Waals surface area (Å²) in [6.45, 7) is 1.68. The van der Waals surface area contributed by atoms with Crippen LogP contribution in [0.3, 0.4) is 0 Å². The molecule has 1 rings (SSSR count). The molecule has 0 saturated heterocycles. The summed E-state index contributed by atoms with van der Waals surface area (Å²) in [7, 11) is 1.54. The predicted octanol–water partition coefficient (Wildman–Crippen LogP) is 3.54. The zero-order valence-electron chi connectivity index (χ0n) is 14.5. The summed E-state index contributed by atoms with van der Waals surface area (Å²) in [6, 6.07) is 2.29. The molecule has 11 heteroatoms. The quantitative estimate of drug-likeness (QED) is 0.347. The van der Waals surface area contributed by atoms with Crippen molar-refractivity contribution in [1.82, 2.24) is 0 Å². The van der Waals surface area contributed by atoms with Crippen molar-refractivity contribution in [1.29, 1.82) is 0 Å². The SMILES string of the molecule is COCCOCCOCCOc1ccc(C(C(F)(F)F)C(F)(F)F)cc1N. The number of nitrogens with two attached hydrogens (primary N) is 1. The molecule has 0 radical (unpaired) electrons. The largest absolute Gasteiger partial charge is 0.489 e. The van der Waals surface area contributed by atoms with Gasteiger partial charge in [-0.2, -0.15) is 26.3 Å². The predicted molar refractivity (Wildman–Crippen MR) is 84.7 cm³/mol. The van der Waals surface area contributed by atoms with E-state index in [4.69, 9.17) is 24.7 Å². The van der Waals surface area contributed by atoms with Gasteiger partial charge in [-0.05, 0) is 17.7 Å². The van der Waals surface area contributed by atoms with Crippen molar-refractivity contribution in [3.8, 4) is 5.75 Å². The van der Waals surface area contributed by atoms with Crippen LogP contribution in [-0.2, 0) is 14.2 Å². The first-order valence-electron chi connectivity index (χ1n) is 7.87. The molecule has 0 unspecified atom stereocenters. The number of alkyl halides is 6. The minimum Gasteiger partial charge on any atom is -0.489 e. The molecule has 1 aromatic rings. The Morgan fingerprint density at radius 2 is 1.37 bits per heavy atom. The zero-order valence-corrected chi connectivity index (χ0v) is 14.5. The summed E-state index contributed by atoms with van der Waals surface area (Å²) in [5.74, 6) is -3.63. The maximum absolute atomic E-state index is 12.7. The van der Waals surface area contributed by atoms with Crippen LogP contribution >= 0.6 is 0 Å². The maximum Gasteiger partial charge on any atom is 0.404 e. The first kappa shape index (κ1) is 23.3. The molecule has 1 aromatic carbocycles. The number of halogens is 6. The number of methoxy groups -OCH3 is 1. The Hall–Kier alpha value is -1.72. The first-order chi connectivity index (χ1) is 12.6. The Bertz CT molecular complexity index is 551. The highest BCUT2D eigenvalue weighted by molar-refractivity contribution is 5.55. The summed E-state index contributed by atoms with van der Waals surface area (Å²) in [5, 5.41) is 0. The molecule has 0 aliphatic rings. The summed E-state index contributed by atoms with van der Waals surface area (Å²) in [4.78, 5) is 0. The molecule has 0 amide bonds. The number of rotatable bonds is 11. The van der Waals surface area contributed by atoms with E-state index in [2.05, 4.69) is 0 Å². The number of ether oxygens (including phenoxy) is 4. The molecule has 0 spiro atoms. The van der Waals surface area contributed by atoms with Crippen molar-refractivity contribution in [2.45, 2.75) is 18.3 Å². The number of benzene rings is 1. The van der Waals surface area contributed by atoms with E-state index in [-0.39, 0.29) is 24.7 Å². The van der Waals surface area contributed by atoms with Gasteiger partial charge in [-0.25, -0.2) is 0 Å². The smallest absolute Gasteiger partial charge is 0.404 e. The highest BCUT2D eigenvalue weighted by atomic mass is 19.4. The van der Waals surface area contributed by atoms with Crippen molar-refractivity contribution < 1.29 is 45.3 Å². The lowest BCUT2D eigenvalue weighted by molar-refractivity contribution is -0.253. The molecule has 0 fully saturated rings. The molecule has 0 heterocycles. The van der Waals surface area contributed by atoms with Gasteiger partial charge in [-0.1, -0.05) is 6.07 Å². The van der Waals surface area contributed by atoms with Crippen LogP contribution in [0.25, 0.3) is 0 Å². The second kappa shape index (κ2) is 10.6. The fourth-order valence-corrected chi connectivity index (χ4v) is 2.12. The molecule has 5 nitrogen and oxygen atoms in total. The minimum atomic E-state index is -5.48. The van der Waals surface area contributed by atoms with Gasteiger partial charge in [0.2, 0.25) is 0 Å². The summed E-state index contributed by atoms with van der Waals surface area (Å²) in [6.07, 6.45) is -11.0. The highest BCUT2D eigenvalue weighted by Crippen LogP contribution is 2.47. The topological polar surface area (TPSA) is 62.9 Å². The van der Waals surface area contributed by atoms with E-state index < -0.39 is 23.8 Å². The van der Waals surface area contributed by atoms with Crippen LogP contribution in [0, 0.1) is 0 Å². The zero-order chi connectivity index (χ0) is 20.5. The van der Waals surface area contributed by atoms with Gasteiger partial charge in [0.1, 0.15) is 12.4 Å². The third-order valence-electron chi connectivity index (χ3n) is 3.31. The van der Waals surface area contributed by atoms with Gasteiger partial charge in [0.05, 0.1) is 38.7 Å². The number of anilines is 1. The second-order valence-corrected chi connectivity index (χ2v) is 5.38. The second-order valence-electron chi connectivity index (χ2n) is 5.38. The average molecular weight is 405 g/mol. The summed E-state index contributed by atoms with van der Waals surface area (Å²) >= 11 is 0. The Morgan fingerprint density at radius 3 is 1.85 bits per heavy atom. The van der Waals surface area contributed by atoms with Gasteiger partial charge < -0.3 is 24.7 Å². The lowest BCUT2D eigenvalue weighted by atomic mass is 9.97. The normalized spacial score (nSPS) is 12.6. The fraction of sp³-hybridized carbons (Fsp3) is 0.625. The average Bonchev–Trinajstić information content (AvgIpc) is 2.52. The van der Waals surface area contributed by atoms with Crippen molar-refractivity contribution >= 4 is 5.69 Å². The number of nitrogen functional groups attached to an aromatic ring is 1. The number of hydrogen-bond acceptors (Lipinski definition) is 5. The van der Waals surface area contributed by atoms with E-state index in [0.29, 0.717) is 38.6 Å². The fourth-order valence-electron chi connectivity index (χ4n) is 2.12. The Labute approximate surface area is 152 Å². The van der Waals surface area contributed by atoms with Crippen LogP contribution in [0.5, 0.6) is 5.75 Å². The third kappa shape index (κ3) is 8.22. The number of hydrogen-bond donors (Lipinski definition) is 1. The van der Waals surface area contributed by atoms with Crippen LogP contribution in [-0.4, -0.2) is 59.1 Å². The standard InChI is InChI=1S/C16H21F6NO4/c1-24-4-5-25-6-7-26-8-9-27-13-3-2-11(10-12(13)23)14(15(17,18)19)16(20,21)22/h2-3,10,14H,4-9,23H2,1H3. The Balaban J connectivity index is 2.51. The van der Waals surface area contributed by atoms with Gasteiger partial charge in [0.15, 0.2) is 5.92 Å². The van der Waals surface area contributed by atoms with Gasteiger partial charge >= 0.3 is 12.4 Å². The van der Waals surface area contributed by atoms with Gasteiger partial charge in [0, 0.05) is 7.11 Å². The summed E-state index contributed by atoms with van der Waals surface area (Å²) in [5.41, 5.74) is 4.20. The van der Waals surface area contributed by atoms with E-state index in [0.717, 1.165) is 6.07 Å². The Morgan fingerprint density at radius 1 is 0.852 bits per heavy atom. The molecule has 2 N–H and O–H groups in total. The van der Waals surface area contributed by atoms with E-state index >= 15 is 0 Å². The molecular formula is C16H21F6NO4. The van der Waals surface area contributed by atoms with Crippen molar-refractivity contribution in [2.24, 2.45) is 0 Å². The molecule has 0 aliphatic heterocycles. The Kier molecular flexibility index (Phi) is 9.13. The molecule has 0 saturated carbocycles. The van der Waals surface area contributed by atoms with E-state index in [9.17, 15) is 26.3 Å².